The fourth-order valence-electron chi connectivity index (χ4n) is 3.33. The highest BCUT2D eigenvalue weighted by molar-refractivity contribution is 6.00. The van der Waals surface area contributed by atoms with Crippen molar-refractivity contribution >= 4 is 29.6 Å². The van der Waals surface area contributed by atoms with Crippen LogP contribution in [0.5, 0.6) is 0 Å². The number of ketones is 1. The molecule has 174 valence electrons. The summed E-state index contributed by atoms with van der Waals surface area (Å²) in [5, 5.41) is 5.05. The Morgan fingerprint density at radius 1 is 1.12 bits per heavy atom. The maximum absolute atomic E-state index is 13.2. The zero-order valence-electron chi connectivity index (χ0n) is 19.0. The molecule has 1 aromatic carbocycles. The van der Waals surface area contributed by atoms with Gasteiger partial charge < -0.3 is 25.2 Å². The van der Waals surface area contributed by atoms with Gasteiger partial charge in [-0.2, -0.15) is 0 Å². The molecule has 10 heteroatoms. The highest BCUT2D eigenvalue weighted by atomic mass is 16.5. The molecule has 0 radical (unpaired) electrons. The molecule has 1 fully saturated rings. The second kappa shape index (κ2) is 10.7. The van der Waals surface area contributed by atoms with Gasteiger partial charge in [0.2, 0.25) is 17.7 Å². The summed E-state index contributed by atoms with van der Waals surface area (Å²) in [7, 11) is 1.19. The fraction of sp³-hybridized carbons (Fsp3) is 0.500. The summed E-state index contributed by atoms with van der Waals surface area (Å²) < 4.78 is 4.59. The number of rotatable bonds is 7. The van der Waals surface area contributed by atoms with Crippen LogP contribution in [0.15, 0.2) is 24.3 Å². The van der Waals surface area contributed by atoms with Gasteiger partial charge in [-0.15, -0.1) is 0 Å². The predicted octanol–water partition coefficient (Wildman–Crippen LogP) is 0.691. The van der Waals surface area contributed by atoms with E-state index < -0.39 is 30.0 Å². The SMILES string of the molecule is COC(=O)N[C@H](C(=O)N1CN(C(C)=O)C[C@H]1C(=O)NCC(=O)c1ccc(C)cc1)C(C)C. The van der Waals surface area contributed by atoms with Crippen LogP contribution >= 0.6 is 0 Å². The predicted molar refractivity (Wildman–Crippen MR) is 116 cm³/mol. The maximum atomic E-state index is 13.2. The number of carbonyl (C=O) groups excluding carboxylic acids is 5. The van der Waals surface area contributed by atoms with Gasteiger partial charge in [-0.05, 0) is 12.8 Å². The summed E-state index contributed by atoms with van der Waals surface area (Å²) >= 11 is 0. The van der Waals surface area contributed by atoms with E-state index in [0.717, 1.165) is 5.56 Å². The number of hydrogen-bond acceptors (Lipinski definition) is 6. The molecule has 1 heterocycles. The summed E-state index contributed by atoms with van der Waals surface area (Å²) in [6.07, 6.45) is -0.774. The normalized spacial score (nSPS) is 16.5. The quantitative estimate of drug-likeness (QED) is 0.594. The topological polar surface area (TPSA) is 125 Å². The Bertz CT molecular complexity index is 883. The van der Waals surface area contributed by atoms with Gasteiger partial charge in [0, 0.05) is 12.5 Å². The Morgan fingerprint density at radius 3 is 2.28 bits per heavy atom. The van der Waals surface area contributed by atoms with E-state index >= 15 is 0 Å². The smallest absolute Gasteiger partial charge is 0.407 e. The average molecular weight is 447 g/mol. The number of nitrogens with one attached hydrogen (secondary N) is 2. The van der Waals surface area contributed by atoms with Gasteiger partial charge in [0.05, 0.1) is 26.9 Å². The second-order valence-corrected chi connectivity index (χ2v) is 8.07. The summed E-state index contributed by atoms with van der Waals surface area (Å²) in [4.78, 5) is 64.6. The molecule has 1 aromatic rings. The maximum Gasteiger partial charge on any atom is 0.407 e. The zero-order valence-corrected chi connectivity index (χ0v) is 19.0. The van der Waals surface area contributed by atoms with Crippen LogP contribution in [0.4, 0.5) is 4.79 Å². The minimum absolute atomic E-state index is 0.00529. The number of nitrogens with zero attached hydrogens (tertiary/aromatic N) is 2. The van der Waals surface area contributed by atoms with Crippen molar-refractivity contribution in [2.45, 2.75) is 39.8 Å². The lowest BCUT2D eigenvalue weighted by Crippen LogP contribution is -2.56. The molecule has 32 heavy (non-hydrogen) atoms. The van der Waals surface area contributed by atoms with Crippen molar-refractivity contribution in [1.29, 1.82) is 0 Å². The number of benzene rings is 1. The molecule has 2 rings (SSSR count). The molecule has 0 saturated carbocycles. The van der Waals surface area contributed by atoms with Gasteiger partial charge in [0.15, 0.2) is 5.78 Å². The van der Waals surface area contributed by atoms with E-state index in [2.05, 4.69) is 15.4 Å². The van der Waals surface area contributed by atoms with Crippen LogP contribution in [0.3, 0.4) is 0 Å². The zero-order chi connectivity index (χ0) is 24.0. The van der Waals surface area contributed by atoms with Gasteiger partial charge in [-0.1, -0.05) is 43.7 Å². The number of amides is 4. The molecule has 1 aliphatic rings. The first kappa shape index (κ1) is 24.8. The van der Waals surface area contributed by atoms with Gasteiger partial charge >= 0.3 is 6.09 Å². The highest BCUT2D eigenvalue weighted by Gasteiger charge is 2.42. The van der Waals surface area contributed by atoms with Gasteiger partial charge in [0.25, 0.3) is 0 Å². The van der Waals surface area contributed by atoms with Crippen LogP contribution in [0.25, 0.3) is 0 Å². The third kappa shape index (κ3) is 6.05. The van der Waals surface area contributed by atoms with E-state index in [0.29, 0.717) is 5.56 Å². The van der Waals surface area contributed by atoms with Crippen molar-refractivity contribution in [2.24, 2.45) is 5.92 Å². The van der Waals surface area contributed by atoms with Gasteiger partial charge in [-0.25, -0.2) is 4.79 Å². The van der Waals surface area contributed by atoms with E-state index in [9.17, 15) is 24.0 Å². The molecule has 0 unspecified atom stereocenters. The third-order valence-corrected chi connectivity index (χ3v) is 5.31. The van der Waals surface area contributed by atoms with Crippen LogP contribution in [0.1, 0.15) is 36.7 Å². The first-order valence-electron chi connectivity index (χ1n) is 10.3. The summed E-state index contributed by atoms with van der Waals surface area (Å²) in [6.45, 7) is 6.39. The number of ether oxygens (including phenoxy) is 1. The van der Waals surface area contributed by atoms with Crippen LogP contribution in [0.2, 0.25) is 0 Å². The standard InChI is InChI=1S/C22H30N4O6/c1-13(2)19(24-22(31)32-5)21(30)26-12-25(15(4)27)11-17(26)20(29)23-10-18(28)16-8-6-14(3)7-9-16/h6-9,13,17,19H,10-12H2,1-5H3,(H,23,29)(H,24,31)/t17-,19-/m0/s1. The summed E-state index contributed by atoms with van der Waals surface area (Å²) in [5.41, 5.74) is 1.47. The number of Topliss-reactive ketones (excluding diaryl/α,β-unsaturated/α-hetero) is 1. The Balaban J connectivity index is 2.14. The van der Waals surface area contributed by atoms with E-state index in [1.54, 1.807) is 38.1 Å². The molecule has 0 aliphatic carbocycles. The molecule has 2 atom stereocenters. The minimum Gasteiger partial charge on any atom is -0.453 e. The number of alkyl carbamates (subject to hydrolysis) is 1. The Hall–Kier alpha value is -3.43. The van der Waals surface area contributed by atoms with Crippen LogP contribution < -0.4 is 10.6 Å². The Kier molecular flexibility index (Phi) is 8.34. The van der Waals surface area contributed by atoms with Crippen molar-refractivity contribution < 1.29 is 28.7 Å². The molecule has 2 N–H and O–H groups in total. The monoisotopic (exact) mass is 446 g/mol. The van der Waals surface area contributed by atoms with E-state index in [-0.39, 0.29) is 37.4 Å². The van der Waals surface area contributed by atoms with Crippen molar-refractivity contribution in [3.63, 3.8) is 0 Å². The molecule has 0 spiro atoms. The molecule has 1 aliphatic heterocycles. The molecule has 4 amide bonds. The summed E-state index contributed by atoms with van der Waals surface area (Å²) in [5.74, 6) is -1.93. The van der Waals surface area contributed by atoms with E-state index in [1.807, 2.05) is 6.92 Å². The first-order valence-corrected chi connectivity index (χ1v) is 10.3. The van der Waals surface area contributed by atoms with Gasteiger partial charge in [0.1, 0.15) is 12.1 Å². The van der Waals surface area contributed by atoms with Crippen molar-refractivity contribution in [2.75, 3.05) is 26.9 Å². The molecule has 0 bridgehead atoms. The Labute approximate surface area is 187 Å². The minimum atomic E-state index is -0.988. The molecular weight excluding hydrogens is 416 g/mol. The van der Waals surface area contributed by atoms with Crippen molar-refractivity contribution in [3.05, 3.63) is 35.4 Å². The van der Waals surface area contributed by atoms with E-state index in [1.165, 1.54) is 23.8 Å². The van der Waals surface area contributed by atoms with Crippen molar-refractivity contribution in [3.8, 4) is 0 Å². The largest absolute Gasteiger partial charge is 0.453 e. The number of carbonyl (C=O) groups is 5. The van der Waals surface area contributed by atoms with Crippen LogP contribution in [-0.4, -0.2) is 78.3 Å². The molecule has 1 saturated heterocycles. The molecular formula is C22H30N4O6. The lowest BCUT2D eigenvalue weighted by Gasteiger charge is -2.29. The van der Waals surface area contributed by atoms with Crippen molar-refractivity contribution in [1.82, 2.24) is 20.4 Å². The number of hydrogen-bond donors (Lipinski definition) is 2. The number of methoxy groups -OCH3 is 1. The highest BCUT2D eigenvalue weighted by Crippen LogP contribution is 2.18. The third-order valence-electron chi connectivity index (χ3n) is 5.31. The lowest BCUT2D eigenvalue weighted by atomic mass is 10.0. The molecule has 10 nitrogen and oxygen atoms in total. The fourth-order valence-corrected chi connectivity index (χ4v) is 3.33. The first-order chi connectivity index (χ1) is 15.0. The molecule has 0 aromatic heterocycles. The average Bonchev–Trinajstić information content (AvgIpc) is 3.21. The Morgan fingerprint density at radius 2 is 1.75 bits per heavy atom. The lowest BCUT2D eigenvalue weighted by molar-refractivity contribution is -0.141. The van der Waals surface area contributed by atoms with E-state index in [4.69, 9.17) is 0 Å². The number of aryl methyl sites for hydroxylation is 1. The van der Waals surface area contributed by atoms with Crippen LogP contribution in [-0.2, 0) is 19.1 Å². The summed E-state index contributed by atoms with van der Waals surface area (Å²) in [6, 6.07) is 5.03. The van der Waals surface area contributed by atoms with Crippen LogP contribution in [0, 0.1) is 12.8 Å². The van der Waals surface area contributed by atoms with Gasteiger partial charge in [-0.3, -0.25) is 19.2 Å². The second-order valence-electron chi connectivity index (χ2n) is 8.07.